The Bertz CT molecular complexity index is 1940. The van der Waals surface area contributed by atoms with Crippen molar-refractivity contribution in [3.8, 4) is 11.5 Å². The van der Waals surface area contributed by atoms with Crippen LogP contribution in [-0.4, -0.2) is 160 Å². The number of azo groups is 1. The number of hydrogen-bond donors (Lipinski definition) is 2. The van der Waals surface area contributed by atoms with Crippen LogP contribution < -0.4 is 24.4 Å². The molecule has 0 aliphatic rings. The summed E-state index contributed by atoms with van der Waals surface area (Å²) in [5.74, 6) is 0.230. The molecule has 3 rings (SSSR count). The Hall–Kier alpha value is -4.88. The van der Waals surface area contributed by atoms with E-state index in [1.165, 1.54) is 38.5 Å². The normalized spacial score (nSPS) is 12.1. The number of benzene rings is 3. The smallest absolute Gasteiger partial charge is 0.278 e. The fourth-order valence-electron chi connectivity index (χ4n) is 5.54. The highest BCUT2D eigenvalue weighted by Crippen LogP contribution is 2.37. The van der Waals surface area contributed by atoms with Crippen LogP contribution in [0, 0.1) is 10.1 Å². The Kier molecular flexibility index (Phi) is 26.7. The molecule has 1 atom stereocenters. The molecule has 0 spiro atoms. The van der Waals surface area contributed by atoms with Gasteiger partial charge in [-0.15, -0.1) is 0 Å². The fraction of sp³-hybridized carbons (Fsp3) is 0.558. The molecule has 3 aromatic carbocycles. The summed E-state index contributed by atoms with van der Waals surface area (Å²) in [4.78, 5) is 25.5. The van der Waals surface area contributed by atoms with Gasteiger partial charge in [-0.25, -0.2) is 13.1 Å². The van der Waals surface area contributed by atoms with E-state index in [2.05, 4.69) is 20.3 Å². The summed E-state index contributed by atoms with van der Waals surface area (Å²) in [6.45, 7) is 7.46. The quantitative estimate of drug-likeness (QED) is 0.0343. The van der Waals surface area contributed by atoms with Gasteiger partial charge in [0.25, 0.3) is 5.69 Å². The molecule has 3 aromatic rings. The van der Waals surface area contributed by atoms with Gasteiger partial charge in [0, 0.05) is 32.7 Å². The summed E-state index contributed by atoms with van der Waals surface area (Å²) >= 11 is 0. The van der Waals surface area contributed by atoms with Crippen LogP contribution in [0.2, 0.25) is 0 Å². The van der Waals surface area contributed by atoms with Crippen molar-refractivity contribution in [2.24, 2.45) is 10.2 Å². The van der Waals surface area contributed by atoms with Crippen LogP contribution in [0.15, 0.2) is 75.8 Å². The molecule has 65 heavy (non-hydrogen) atoms. The standard InChI is InChI=1S/C43H64N6O15S/c1-34(39-32-41(55-4)42(56-5)33-40(39)49(51)52)45-43(50)14-16-57-18-20-59-22-24-61-26-28-63-30-31-64-29-27-62-25-23-60-21-19-58-17-15-44-65(53,54)38-12-8-36(9-13-38)47-46-35-6-10-37(11-7-35)48(2)3/h6-13,32-34,44H,14-31H2,1-5H3,(H,45,50). The second kappa shape index (κ2) is 31.9. The van der Waals surface area contributed by atoms with E-state index in [0.717, 1.165) is 5.69 Å². The molecule has 2 N–H and O–H groups in total. The number of ether oxygens (including phenoxy) is 10. The lowest BCUT2D eigenvalue weighted by Crippen LogP contribution is -2.28. The zero-order valence-electron chi connectivity index (χ0n) is 37.9. The van der Waals surface area contributed by atoms with Crippen molar-refractivity contribution in [3.63, 3.8) is 0 Å². The van der Waals surface area contributed by atoms with E-state index in [1.54, 1.807) is 19.1 Å². The number of anilines is 1. The first-order valence-electron chi connectivity index (χ1n) is 21.1. The first-order valence-corrected chi connectivity index (χ1v) is 22.5. The van der Waals surface area contributed by atoms with E-state index in [0.29, 0.717) is 115 Å². The third kappa shape index (κ3) is 22.2. The van der Waals surface area contributed by atoms with Crippen molar-refractivity contribution >= 4 is 38.7 Å². The highest BCUT2D eigenvalue weighted by atomic mass is 32.2. The molecule has 0 aromatic heterocycles. The molecule has 0 saturated carbocycles. The van der Waals surface area contributed by atoms with Crippen molar-refractivity contribution < 1.29 is 65.5 Å². The van der Waals surface area contributed by atoms with Crippen LogP contribution in [-0.2, 0) is 52.7 Å². The van der Waals surface area contributed by atoms with Gasteiger partial charge in [0.1, 0.15) is 0 Å². The Morgan fingerprint density at radius 1 is 0.646 bits per heavy atom. The number of nitrogens with one attached hydrogen (secondary N) is 2. The minimum Gasteiger partial charge on any atom is -0.493 e. The van der Waals surface area contributed by atoms with Gasteiger partial charge in [0.15, 0.2) is 11.5 Å². The summed E-state index contributed by atoms with van der Waals surface area (Å²) < 4.78 is 82.0. The van der Waals surface area contributed by atoms with Crippen molar-refractivity contribution in [2.75, 3.05) is 145 Å². The average Bonchev–Trinajstić information content (AvgIpc) is 3.30. The molecule has 0 radical (unpaired) electrons. The number of nitrogens with zero attached hydrogens (tertiary/aromatic N) is 4. The van der Waals surface area contributed by atoms with Crippen LogP contribution in [0.25, 0.3) is 0 Å². The molecule has 0 bridgehead atoms. The third-order valence-corrected chi connectivity index (χ3v) is 10.5. The van der Waals surface area contributed by atoms with Crippen LogP contribution in [0.1, 0.15) is 24.9 Å². The lowest BCUT2D eigenvalue weighted by Gasteiger charge is -2.17. The van der Waals surface area contributed by atoms with Gasteiger partial charge in [0.2, 0.25) is 15.9 Å². The molecule has 22 heteroatoms. The van der Waals surface area contributed by atoms with Crippen molar-refractivity contribution in [1.29, 1.82) is 0 Å². The molecule has 0 aliphatic carbocycles. The van der Waals surface area contributed by atoms with E-state index in [-0.39, 0.29) is 48.4 Å². The Labute approximate surface area is 381 Å². The minimum atomic E-state index is -3.70. The zero-order chi connectivity index (χ0) is 47.1. The van der Waals surface area contributed by atoms with Crippen molar-refractivity contribution in [1.82, 2.24) is 10.0 Å². The van der Waals surface area contributed by atoms with E-state index < -0.39 is 21.0 Å². The predicted octanol–water partition coefficient (Wildman–Crippen LogP) is 4.77. The summed E-state index contributed by atoms with van der Waals surface area (Å²) in [5, 5.41) is 22.7. The van der Waals surface area contributed by atoms with Gasteiger partial charge >= 0.3 is 0 Å². The van der Waals surface area contributed by atoms with Gasteiger partial charge in [-0.05, 0) is 61.5 Å². The molecule has 0 heterocycles. The number of nitro benzene ring substituents is 1. The first kappa shape index (κ1) is 54.5. The molecule has 1 amide bonds. The van der Waals surface area contributed by atoms with Gasteiger partial charge < -0.3 is 57.6 Å². The monoisotopic (exact) mass is 936 g/mol. The molecule has 1 unspecified atom stereocenters. The van der Waals surface area contributed by atoms with E-state index >= 15 is 0 Å². The molecular formula is C43H64N6O15S. The molecular weight excluding hydrogens is 873 g/mol. The summed E-state index contributed by atoms with van der Waals surface area (Å²) in [6.07, 6.45) is 0.0749. The number of amides is 1. The second-order valence-corrected chi connectivity index (χ2v) is 15.7. The average molecular weight is 937 g/mol. The number of sulfonamides is 1. The molecule has 0 aliphatic heterocycles. The van der Waals surface area contributed by atoms with E-state index in [4.69, 9.17) is 47.4 Å². The topological polar surface area (TPSA) is 239 Å². The lowest BCUT2D eigenvalue weighted by atomic mass is 10.0. The predicted molar refractivity (Wildman–Crippen MR) is 241 cm³/mol. The second-order valence-electron chi connectivity index (χ2n) is 14.0. The van der Waals surface area contributed by atoms with Crippen molar-refractivity contribution in [3.05, 3.63) is 76.3 Å². The van der Waals surface area contributed by atoms with Gasteiger partial charge in [0.05, 0.1) is 159 Å². The summed E-state index contributed by atoms with van der Waals surface area (Å²) in [6, 6.07) is 15.9. The first-order chi connectivity index (χ1) is 31.4. The van der Waals surface area contributed by atoms with Gasteiger partial charge in [-0.2, -0.15) is 10.2 Å². The highest BCUT2D eigenvalue weighted by molar-refractivity contribution is 7.89. The Balaban J connectivity index is 1.04. The minimum absolute atomic E-state index is 0.0749. The maximum atomic E-state index is 12.6. The Morgan fingerprint density at radius 3 is 1.46 bits per heavy atom. The number of carbonyl (C=O) groups is 1. The molecule has 362 valence electrons. The number of carbonyl (C=O) groups excluding carboxylic acids is 1. The summed E-state index contributed by atoms with van der Waals surface area (Å²) in [7, 11) is 3.03. The number of methoxy groups -OCH3 is 2. The van der Waals surface area contributed by atoms with E-state index in [9.17, 15) is 23.3 Å². The summed E-state index contributed by atoms with van der Waals surface area (Å²) in [5.41, 5.74) is 2.39. The Morgan fingerprint density at radius 2 is 1.05 bits per heavy atom. The van der Waals surface area contributed by atoms with Crippen LogP contribution in [0.5, 0.6) is 11.5 Å². The highest BCUT2D eigenvalue weighted by Gasteiger charge is 2.24. The fourth-order valence-corrected chi connectivity index (χ4v) is 6.56. The zero-order valence-corrected chi connectivity index (χ0v) is 38.7. The SMILES string of the molecule is COc1cc(C(C)NC(=O)CCOCCOCCOCCOCCOCCOCCOCCOCCNS(=O)(=O)c2ccc(N=Nc3ccc(N(C)C)cc3)cc2)c([N+](=O)[O-])cc1OC. The van der Waals surface area contributed by atoms with Crippen LogP contribution >= 0.6 is 0 Å². The van der Waals surface area contributed by atoms with Gasteiger partial charge in [-0.1, -0.05) is 0 Å². The maximum absolute atomic E-state index is 12.6. The largest absolute Gasteiger partial charge is 0.493 e. The number of nitro groups is 1. The lowest BCUT2D eigenvalue weighted by molar-refractivity contribution is -0.385. The van der Waals surface area contributed by atoms with Crippen molar-refractivity contribution in [2.45, 2.75) is 24.3 Å². The number of hydrogen-bond acceptors (Lipinski definition) is 18. The molecule has 0 fully saturated rings. The molecule has 21 nitrogen and oxygen atoms in total. The number of rotatable bonds is 37. The third-order valence-electron chi connectivity index (χ3n) is 8.98. The van der Waals surface area contributed by atoms with E-state index in [1.807, 2.05) is 43.3 Å². The maximum Gasteiger partial charge on any atom is 0.278 e. The van der Waals surface area contributed by atoms with Crippen LogP contribution in [0.3, 0.4) is 0 Å². The van der Waals surface area contributed by atoms with Gasteiger partial charge in [-0.3, -0.25) is 14.9 Å². The van der Waals surface area contributed by atoms with Crippen LogP contribution in [0.4, 0.5) is 22.7 Å². The molecule has 0 saturated heterocycles.